The largest absolute Gasteiger partial charge is 0.459 e. The Kier molecular flexibility index (Phi) is 6.01. The first-order valence-electron chi connectivity index (χ1n) is 8.92. The van der Waals surface area contributed by atoms with Crippen molar-refractivity contribution in [2.45, 2.75) is 52.1 Å². The number of rotatable bonds is 5. The van der Waals surface area contributed by atoms with E-state index < -0.39 is 22.9 Å². The van der Waals surface area contributed by atoms with Gasteiger partial charge in [0.25, 0.3) is 0 Å². The van der Waals surface area contributed by atoms with Gasteiger partial charge < -0.3 is 4.74 Å². The number of amides is 2. The van der Waals surface area contributed by atoms with Crippen LogP contribution >= 0.6 is 0 Å². The summed E-state index contributed by atoms with van der Waals surface area (Å²) in [4.78, 5) is 38.6. The predicted octanol–water partition coefficient (Wildman–Crippen LogP) is 3.59. The molecule has 0 bridgehead atoms. The van der Waals surface area contributed by atoms with Gasteiger partial charge in [0.1, 0.15) is 11.0 Å². The van der Waals surface area contributed by atoms with Crippen LogP contribution in [0.25, 0.3) is 6.08 Å². The SMILES string of the molecule is CN1C(=O)CCC(CC/C=C/c2ccccc2)(C(=O)OC(C)(C)C)C1=O. The standard InChI is InChI=1S/C21H27NO4/c1-20(2,3)26-19(25)21(15-13-17(23)22(4)18(21)24)14-9-8-12-16-10-6-5-7-11-16/h5-8,10-12H,9,13-15H2,1-4H3/b12-8+. The molecule has 1 aliphatic heterocycles. The van der Waals surface area contributed by atoms with Crippen LogP contribution in [0.15, 0.2) is 36.4 Å². The Bertz CT molecular complexity index is 702. The predicted molar refractivity (Wildman–Crippen MR) is 100.0 cm³/mol. The summed E-state index contributed by atoms with van der Waals surface area (Å²) in [6, 6.07) is 9.82. The summed E-state index contributed by atoms with van der Waals surface area (Å²) in [6.07, 6.45) is 5.15. The van der Waals surface area contributed by atoms with E-state index in [0.29, 0.717) is 12.8 Å². The molecule has 140 valence electrons. The van der Waals surface area contributed by atoms with E-state index in [9.17, 15) is 14.4 Å². The monoisotopic (exact) mass is 357 g/mol. The van der Waals surface area contributed by atoms with Crippen LogP contribution in [-0.2, 0) is 19.1 Å². The molecular formula is C21H27NO4. The zero-order valence-electron chi connectivity index (χ0n) is 16.0. The molecular weight excluding hydrogens is 330 g/mol. The molecule has 1 fully saturated rings. The highest BCUT2D eigenvalue weighted by molar-refractivity contribution is 6.10. The van der Waals surface area contributed by atoms with Gasteiger partial charge in [0, 0.05) is 13.5 Å². The molecule has 5 heteroatoms. The van der Waals surface area contributed by atoms with Gasteiger partial charge in [0.2, 0.25) is 11.8 Å². The molecule has 1 saturated heterocycles. The summed E-state index contributed by atoms with van der Waals surface area (Å²) in [7, 11) is 1.43. The second kappa shape index (κ2) is 7.85. The average molecular weight is 357 g/mol. The number of benzene rings is 1. The number of likely N-dealkylation sites (tertiary alicyclic amines) is 1. The van der Waals surface area contributed by atoms with Crippen molar-refractivity contribution in [1.29, 1.82) is 0 Å². The van der Waals surface area contributed by atoms with Crippen LogP contribution in [0.3, 0.4) is 0 Å². The molecule has 0 spiro atoms. The number of carbonyl (C=O) groups is 3. The maximum absolute atomic E-state index is 12.9. The molecule has 0 aliphatic carbocycles. The maximum atomic E-state index is 12.9. The number of nitrogens with zero attached hydrogens (tertiary/aromatic N) is 1. The molecule has 1 atom stereocenters. The number of hydrogen-bond acceptors (Lipinski definition) is 4. The van der Waals surface area contributed by atoms with Crippen molar-refractivity contribution in [3.05, 3.63) is 42.0 Å². The van der Waals surface area contributed by atoms with Crippen molar-refractivity contribution in [2.24, 2.45) is 5.41 Å². The lowest BCUT2D eigenvalue weighted by molar-refractivity contribution is -0.178. The van der Waals surface area contributed by atoms with E-state index in [1.807, 2.05) is 42.5 Å². The molecule has 1 aromatic rings. The van der Waals surface area contributed by atoms with Crippen molar-refractivity contribution in [2.75, 3.05) is 7.05 Å². The van der Waals surface area contributed by atoms with E-state index in [0.717, 1.165) is 10.5 Å². The minimum atomic E-state index is -1.29. The minimum Gasteiger partial charge on any atom is -0.459 e. The fraction of sp³-hybridized carbons (Fsp3) is 0.476. The number of ether oxygens (including phenoxy) is 1. The highest BCUT2D eigenvalue weighted by Crippen LogP contribution is 2.38. The molecule has 1 heterocycles. The first kappa shape index (κ1) is 19.9. The van der Waals surface area contributed by atoms with Gasteiger partial charge in [0.05, 0.1) is 0 Å². The number of hydrogen-bond donors (Lipinski definition) is 0. The molecule has 2 amide bonds. The second-order valence-corrected chi connectivity index (χ2v) is 7.69. The van der Waals surface area contributed by atoms with Gasteiger partial charge >= 0.3 is 5.97 Å². The van der Waals surface area contributed by atoms with Crippen molar-refractivity contribution in [3.8, 4) is 0 Å². The summed E-state index contributed by atoms with van der Waals surface area (Å²) >= 11 is 0. The van der Waals surface area contributed by atoms with Gasteiger partial charge in [-0.05, 0) is 45.6 Å². The molecule has 0 radical (unpaired) electrons. The number of allylic oxidation sites excluding steroid dienone is 1. The highest BCUT2D eigenvalue weighted by atomic mass is 16.6. The average Bonchev–Trinajstić information content (AvgIpc) is 2.58. The van der Waals surface area contributed by atoms with E-state index in [1.54, 1.807) is 20.8 Å². The summed E-state index contributed by atoms with van der Waals surface area (Å²) in [5.74, 6) is -1.26. The Morgan fingerprint density at radius 1 is 1.23 bits per heavy atom. The fourth-order valence-electron chi connectivity index (χ4n) is 3.04. The third-order valence-electron chi connectivity index (χ3n) is 4.49. The Morgan fingerprint density at radius 2 is 1.88 bits per heavy atom. The van der Waals surface area contributed by atoms with E-state index in [4.69, 9.17) is 4.74 Å². The first-order chi connectivity index (χ1) is 12.2. The third-order valence-corrected chi connectivity index (χ3v) is 4.49. The number of carbonyl (C=O) groups excluding carboxylic acids is 3. The van der Waals surface area contributed by atoms with Crippen LogP contribution in [0.2, 0.25) is 0 Å². The smallest absolute Gasteiger partial charge is 0.322 e. The van der Waals surface area contributed by atoms with E-state index in [2.05, 4.69) is 0 Å². The van der Waals surface area contributed by atoms with Gasteiger partial charge in [-0.15, -0.1) is 0 Å². The van der Waals surface area contributed by atoms with E-state index in [1.165, 1.54) is 7.05 Å². The van der Waals surface area contributed by atoms with Crippen LogP contribution < -0.4 is 0 Å². The number of piperidine rings is 1. The van der Waals surface area contributed by atoms with Gasteiger partial charge in [-0.1, -0.05) is 42.5 Å². The van der Waals surface area contributed by atoms with Gasteiger partial charge in [-0.25, -0.2) is 0 Å². The van der Waals surface area contributed by atoms with Crippen molar-refractivity contribution < 1.29 is 19.1 Å². The molecule has 2 rings (SSSR count). The Balaban J connectivity index is 2.18. The van der Waals surface area contributed by atoms with Crippen LogP contribution in [0, 0.1) is 5.41 Å². The Hall–Kier alpha value is -2.43. The quantitative estimate of drug-likeness (QED) is 0.459. The Labute approximate surface area is 155 Å². The lowest BCUT2D eigenvalue weighted by atomic mass is 9.75. The molecule has 1 unspecified atom stereocenters. The fourth-order valence-corrected chi connectivity index (χ4v) is 3.04. The molecule has 0 aromatic heterocycles. The second-order valence-electron chi connectivity index (χ2n) is 7.69. The minimum absolute atomic E-state index is 0.171. The summed E-state index contributed by atoms with van der Waals surface area (Å²) in [6.45, 7) is 5.32. The summed E-state index contributed by atoms with van der Waals surface area (Å²) in [5.41, 5.74) is -0.928. The summed E-state index contributed by atoms with van der Waals surface area (Å²) in [5, 5.41) is 0. The lowest BCUT2D eigenvalue weighted by Crippen LogP contribution is -2.55. The summed E-state index contributed by atoms with van der Waals surface area (Å²) < 4.78 is 5.53. The number of esters is 1. The molecule has 0 saturated carbocycles. The highest BCUT2D eigenvalue weighted by Gasteiger charge is 2.52. The van der Waals surface area contributed by atoms with Crippen LogP contribution in [0.4, 0.5) is 0 Å². The zero-order valence-corrected chi connectivity index (χ0v) is 16.0. The molecule has 26 heavy (non-hydrogen) atoms. The molecule has 5 nitrogen and oxygen atoms in total. The van der Waals surface area contributed by atoms with Crippen LogP contribution in [0.5, 0.6) is 0 Å². The van der Waals surface area contributed by atoms with Gasteiger partial charge in [0.15, 0.2) is 0 Å². The van der Waals surface area contributed by atoms with Crippen LogP contribution in [0.1, 0.15) is 52.0 Å². The van der Waals surface area contributed by atoms with Gasteiger partial charge in [-0.3, -0.25) is 19.3 Å². The lowest BCUT2D eigenvalue weighted by Gasteiger charge is -2.38. The molecule has 1 aromatic carbocycles. The molecule has 0 N–H and O–H groups in total. The van der Waals surface area contributed by atoms with E-state index >= 15 is 0 Å². The topological polar surface area (TPSA) is 63.7 Å². The van der Waals surface area contributed by atoms with Crippen molar-refractivity contribution >= 4 is 23.9 Å². The normalized spacial score (nSPS) is 21.3. The van der Waals surface area contributed by atoms with Crippen molar-refractivity contribution in [3.63, 3.8) is 0 Å². The Morgan fingerprint density at radius 3 is 2.50 bits per heavy atom. The van der Waals surface area contributed by atoms with E-state index in [-0.39, 0.29) is 18.7 Å². The van der Waals surface area contributed by atoms with Gasteiger partial charge in [-0.2, -0.15) is 0 Å². The van der Waals surface area contributed by atoms with Crippen molar-refractivity contribution in [1.82, 2.24) is 4.90 Å². The first-order valence-corrected chi connectivity index (χ1v) is 8.92. The third kappa shape index (κ3) is 4.59. The maximum Gasteiger partial charge on any atom is 0.322 e. The molecule has 1 aliphatic rings. The number of imide groups is 1. The van der Waals surface area contributed by atoms with Crippen LogP contribution in [-0.4, -0.2) is 35.3 Å². The zero-order chi connectivity index (χ0) is 19.4.